The molecule has 114 valence electrons. The molecular weight excluding hydrogens is 280 g/mol. The maximum Gasteiger partial charge on any atom is 0.244 e. The summed E-state index contributed by atoms with van der Waals surface area (Å²) in [7, 11) is -1.84. The first-order chi connectivity index (χ1) is 9.15. The van der Waals surface area contributed by atoms with Crippen molar-refractivity contribution in [3.05, 3.63) is 18.0 Å². The van der Waals surface area contributed by atoms with Gasteiger partial charge in [0.15, 0.2) is 0 Å². The molecule has 2 heterocycles. The Morgan fingerprint density at radius 3 is 2.65 bits per heavy atom. The van der Waals surface area contributed by atoms with E-state index in [9.17, 15) is 13.5 Å². The van der Waals surface area contributed by atoms with E-state index in [0.29, 0.717) is 18.8 Å². The molecule has 0 amide bonds. The zero-order chi connectivity index (χ0) is 15.1. The quantitative estimate of drug-likeness (QED) is 0.892. The lowest BCUT2D eigenvalue weighted by Gasteiger charge is -2.40. The Hall–Kier alpha value is -0.890. The van der Waals surface area contributed by atoms with Crippen molar-refractivity contribution in [3.8, 4) is 0 Å². The standard InChI is InChI=1S/C13H22N2O4S/c1-10-6-15(9-13(2,3)19-10)20(17,18)12-5-11(8-16)14(4)7-12/h5,7,10,16H,6,8-9H2,1-4H3. The number of aromatic nitrogens is 1. The van der Waals surface area contributed by atoms with E-state index in [1.165, 1.54) is 16.6 Å². The number of hydrogen-bond acceptors (Lipinski definition) is 4. The van der Waals surface area contributed by atoms with E-state index in [0.717, 1.165) is 0 Å². The predicted molar refractivity (Wildman–Crippen MR) is 74.7 cm³/mol. The summed E-state index contributed by atoms with van der Waals surface area (Å²) >= 11 is 0. The molecule has 0 bridgehead atoms. The largest absolute Gasteiger partial charge is 0.390 e. The maximum atomic E-state index is 12.7. The van der Waals surface area contributed by atoms with E-state index in [4.69, 9.17) is 4.74 Å². The third-order valence-corrected chi connectivity index (χ3v) is 5.20. The molecule has 0 saturated carbocycles. The molecule has 1 aliphatic heterocycles. The van der Waals surface area contributed by atoms with Crippen molar-refractivity contribution in [3.63, 3.8) is 0 Å². The molecule has 1 atom stereocenters. The molecule has 0 radical (unpaired) electrons. The molecular formula is C13H22N2O4S. The Bertz CT molecular complexity index is 592. The van der Waals surface area contributed by atoms with E-state index in [1.807, 2.05) is 20.8 Å². The van der Waals surface area contributed by atoms with Crippen LogP contribution < -0.4 is 0 Å². The number of hydrogen-bond donors (Lipinski definition) is 1. The molecule has 7 heteroatoms. The van der Waals surface area contributed by atoms with Crippen LogP contribution >= 0.6 is 0 Å². The van der Waals surface area contributed by atoms with E-state index in [2.05, 4.69) is 0 Å². The van der Waals surface area contributed by atoms with Gasteiger partial charge in [-0.1, -0.05) is 0 Å². The van der Waals surface area contributed by atoms with Gasteiger partial charge in [0.2, 0.25) is 10.0 Å². The Morgan fingerprint density at radius 2 is 2.15 bits per heavy atom. The average molecular weight is 302 g/mol. The van der Waals surface area contributed by atoms with Gasteiger partial charge in [0.25, 0.3) is 0 Å². The van der Waals surface area contributed by atoms with Crippen molar-refractivity contribution >= 4 is 10.0 Å². The minimum atomic E-state index is -3.56. The van der Waals surface area contributed by atoms with Gasteiger partial charge in [0.1, 0.15) is 4.90 Å². The second-order valence-electron chi connectivity index (χ2n) is 5.92. The minimum absolute atomic E-state index is 0.144. The normalized spacial score (nSPS) is 23.9. The first-order valence-corrected chi connectivity index (χ1v) is 8.04. The molecule has 6 nitrogen and oxygen atoms in total. The predicted octanol–water partition coefficient (Wildman–Crippen LogP) is 0.705. The lowest BCUT2D eigenvalue weighted by Crippen LogP contribution is -2.53. The number of aliphatic hydroxyl groups is 1. The van der Waals surface area contributed by atoms with Crippen LogP contribution in [0, 0.1) is 0 Å². The van der Waals surface area contributed by atoms with Gasteiger partial charge in [0.05, 0.1) is 18.3 Å². The Morgan fingerprint density at radius 1 is 1.50 bits per heavy atom. The van der Waals surface area contributed by atoms with Gasteiger partial charge in [-0.15, -0.1) is 0 Å². The van der Waals surface area contributed by atoms with Crippen molar-refractivity contribution in [1.82, 2.24) is 8.87 Å². The van der Waals surface area contributed by atoms with Gasteiger partial charge in [0, 0.05) is 32.0 Å². The highest BCUT2D eigenvalue weighted by Crippen LogP contribution is 2.27. The van der Waals surface area contributed by atoms with Crippen molar-refractivity contribution in [2.24, 2.45) is 7.05 Å². The van der Waals surface area contributed by atoms with E-state index < -0.39 is 15.6 Å². The van der Waals surface area contributed by atoms with Crippen LogP contribution in [0.2, 0.25) is 0 Å². The van der Waals surface area contributed by atoms with Crippen molar-refractivity contribution in [2.45, 2.75) is 44.0 Å². The maximum absolute atomic E-state index is 12.7. The van der Waals surface area contributed by atoms with Crippen LogP contribution in [0.1, 0.15) is 26.5 Å². The zero-order valence-corrected chi connectivity index (χ0v) is 13.1. The third-order valence-electron chi connectivity index (χ3n) is 3.42. The highest BCUT2D eigenvalue weighted by atomic mass is 32.2. The summed E-state index contributed by atoms with van der Waals surface area (Å²) < 4.78 is 34.2. The monoisotopic (exact) mass is 302 g/mol. The van der Waals surface area contributed by atoms with Crippen molar-refractivity contribution in [2.75, 3.05) is 13.1 Å². The number of aryl methyl sites for hydroxylation is 1. The third kappa shape index (κ3) is 2.90. The van der Waals surface area contributed by atoms with Crippen LogP contribution in [0.4, 0.5) is 0 Å². The molecule has 2 rings (SSSR count). The topological polar surface area (TPSA) is 71.8 Å². The first kappa shape index (κ1) is 15.5. The van der Waals surface area contributed by atoms with E-state index >= 15 is 0 Å². The number of nitrogens with zero attached hydrogens (tertiary/aromatic N) is 2. The van der Waals surface area contributed by atoms with E-state index in [-0.39, 0.29) is 17.6 Å². The highest BCUT2D eigenvalue weighted by Gasteiger charge is 2.38. The number of rotatable bonds is 3. The molecule has 1 aliphatic rings. The number of morpholine rings is 1. The van der Waals surface area contributed by atoms with Crippen LogP contribution in [0.15, 0.2) is 17.2 Å². The summed E-state index contributed by atoms with van der Waals surface area (Å²) in [5.74, 6) is 0. The molecule has 0 spiro atoms. The lowest BCUT2D eigenvalue weighted by molar-refractivity contribution is -0.109. The first-order valence-electron chi connectivity index (χ1n) is 6.60. The minimum Gasteiger partial charge on any atom is -0.390 e. The SMILES string of the molecule is CC1CN(S(=O)(=O)c2cc(CO)n(C)c2)CC(C)(C)O1. The van der Waals surface area contributed by atoms with Crippen LogP contribution in [0.5, 0.6) is 0 Å². The fraction of sp³-hybridized carbons (Fsp3) is 0.692. The molecule has 0 aliphatic carbocycles. The van der Waals surface area contributed by atoms with Crippen LogP contribution in [-0.4, -0.2) is 47.2 Å². The summed E-state index contributed by atoms with van der Waals surface area (Å²) in [6.07, 6.45) is 1.39. The molecule has 1 unspecified atom stereocenters. The summed E-state index contributed by atoms with van der Waals surface area (Å²) in [5.41, 5.74) is 0.0726. The van der Waals surface area contributed by atoms with Crippen LogP contribution in [0.3, 0.4) is 0 Å². The molecule has 1 N–H and O–H groups in total. The molecule has 1 fully saturated rings. The average Bonchev–Trinajstić information content (AvgIpc) is 2.68. The zero-order valence-electron chi connectivity index (χ0n) is 12.3. The lowest BCUT2D eigenvalue weighted by atomic mass is 10.1. The second-order valence-corrected chi connectivity index (χ2v) is 7.86. The summed E-state index contributed by atoms with van der Waals surface area (Å²) in [4.78, 5) is 0.217. The van der Waals surface area contributed by atoms with Crippen molar-refractivity contribution < 1.29 is 18.3 Å². The van der Waals surface area contributed by atoms with Crippen molar-refractivity contribution in [1.29, 1.82) is 0 Å². The van der Waals surface area contributed by atoms with Crippen LogP contribution in [-0.2, 0) is 28.4 Å². The van der Waals surface area contributed by atoms with Gasteiger partial charge < -0.3 is 14.4 Å². The van der Waals surface area contributed by atoms with Gasteiger partial charge in [-0.3, -0.25) is 0 Å². The number of aliphatic hydroxyl groups excluding tert-OH is 1. The smallest absolute Gasteiger partial charge is 0.244 e. The van der Waals surface area contributed by atoms with Gasteiger partial charge in [-0.2, -0.15) is 4.31 Å². The summed E-state index contributed by atoms with van der Waals surface area (Å²) in [5, 5.41) is 9.18. The molecule has 1 aromatic heterocycles. The van der Waals surface area contributed by atoms with Crippen LogP contribution in [0.25, 0.3) is 0 Å². The fourth-order valence-electron chi connectivity index (χ4n) is 2.60. The van der Waals surface area contributed by atoms with E-state index in [1.54, 1.807) is 11.6 Å². The van der Waals surface area contributed by atoms with Gasteiger partial charge in [-0.25, -0.2) is 8.42 Å². The molecule has 1 aromatic rings. The number of sulfonamides is 1. The summed E-state index contributed by atoms with van der Waals surface area (Å²) in [6, 6.07) is 1.52. The molecule has 1 saturated heterocycles. The van der Waals surface area contributed by atoms with Gasteiger partial charge >= 0.3 is 0 Å². The summed E-state index contributed by atoms with van der Waals surface area (Å²) in [6.45, 7) is 6.12. The fourth-order valence-corrected chi connectivity index (χ4v) is 4.36. The Kier molecular flexibility index (Phi) is 3.98. The highest BCUT2D eigenvalue weighted by molar-refractivity contribution is 7.89. The Balaban J connectivity index is 2.34. The number of ether oxygens (including phenoxy) is 1. The molecule has 0 aromatic carbocycles. The second kappa shape index (κ2) is 5.14. The van der Waals surface area contributed by atoms with Gasteiger partial charge in [-0.05, 0) is 26.8 Å². The Labute approximate surface area is 120 Å². The molecule has 20 heavy (non-hydrogen) atoms.